The van der Waals surface area contributed by atoms with Gasteiger partial charge in [-0.25, -0.2) is 9.59 Å². The minimum atomic E-state index is -0.922. The van der Waals surface area contributed by atoms with E-state index in [0.717, 1.165) is 0 Å². The second-order valence-corrected chi connectivity index (χ2v) is 7.60. The van der Waals surface area contributed by atoms with Crippen LogP contribution in [0.1, 0.15) is 54.4 Å². The Morgan fingerprint density at radius 3 is 2.27 bits per heavy atom. The molecule has 0 aromatic heterocycles. The van der Waals surface area contributed by atoms with Crippen LogP contribution in [0.15, 0.2) is 0 Å². The molecule has 0 radical (unpaired) electrons. The van der Waals surface area contributed by atoms with Gasteiger partial charge in [0.2, 0.25) is 0 Å². The second kappa shape index (κ2) is 6.64. The van der Waals surface area contributed by atoms with E-state index in [4.69, 9.17) is 9.57 Å². The molecular weight excluding hydrogens is 288 g/mol. The Morgan fingerprint density at radius 2 is 1.77 bits per heavy atom. The SMILES string of the molecule is CC(C)(C)[NH2+]OC(=O)[C@@H]1CC(=O)CCN1C(=O)OC(C)(C)C. The molecule has 0 unspecified atom stereocenters. The number of quaternary nitrogens is 1. The number of hydroxylamine groups is 1. The molecular formula is C15H27N2O5+. The van der Waals surface area contributed by atoms with Gasteiger partial charge in [-0.05, 0) is 41.5 Å². The number of piperidine rings is 1. The number of nitrogens with zero attached hydrogens (tertiary/aromatic N) is 1. The number of hydrogen-bond donors (Lipinski definition) is 1. The molecule has 1 heterocycles. The van der Waals surface area contributed by atoms with Crippen molar-refractivity contribution in [2.75, 3.05) is 6.54 Å². The molecule has 7 nitrogen and oxygen atoms in total. The number of nitrogens with two attached hydrogens (primary N) is 1. The molecule has 1 aliphatic heterocycles. The normalized spacial score (nSPS) is 19.8. The molecule has 0 aromatic rings. The highest BCUT2D eigenvalue weighted by Gasteiger charge is 2.40. The Bertz CT molecular complexity index is 448. The fourth-order valence-corrected chi connectivity index (χ4v) is 1.89. The second-order valence-electron chi connectivity index (χ2n) is 7.60. The first-order chi connectivity index (χ1) is 9.89. The fourth-order valence-electron chi connectivity index (χ4n) is 1.89. The molecule has 0 bridgehead atoms. The molecule has 22 heavy (non-hydrogen) atoms. The summed E-state index contributed by atoms with van der Waals surface area (Å²) in [4.78, 5) is 42.5. The maximum atomic E-state index is 12.2. The lowest BCUT2D eigenvalue weighted by molar-refractivity contribution is -0.915. The van der Waals surface area contributed by atoms with E-state index in [9.17, 15) is 14.4 Å². The third-order valence-corrected chi connectivity index (χ3v) is 2.86. The zero-order valence-electron chi connectivity index (χ0n) is 14.3. The van der Waals surface area contributed by atoms with Gasteiger partial charge in [-0.2, -0.15) is 5.48 Å². The van der Waals surface area contributed by atoms with E-state index in [1.165, 1.54) is 10.4 Å². The molecule has 1 amide bonds. The number of Topliss-reactive ketones (excluding diaryl/α,β-unsaturated/α-hetero) is 1. The highest BCUT2D eigenvalue weighted by molar-refractivity contribution is 5.90. The summed E-state index contributed by atoms with van der Waals surface area (Å²) in [5.74, 6) is -0.661. The van der Waals surface area contributed by atoms with Crippen LogP contribution in [0, 0.1) is 0 Å². The van der Waals surface area contributed by atoms with Crippen molar-refractivity contribution >= 4 is 17.8 Å². The summed E-state index contributed by atoms with van der Waals surface area (Å²) < 4.78 is 5.30. The van der Waals surface area contributed by atoms with E-state index >= 15 is 0 Å². The predicted molar refractivity (Wildman–Crippen MR) is 78.7 cm³/mol. The van der Waals surface area contributed by atoms with Crippen LogP contribution in [0.25, 0.3) is 0 Å². The van der Waals surface area contributed by atoms with Crippen LogP contribution in [0.3, 0.4) is 0 Å². The van der Waals surface area contributed by atoms with Gasteiger partial charge in [0.25, 0.3) is 0 Å². The first-order valence-corrected chi connectivity index (χ1v) is 7.45. The molecule has 1 atom stereocenters. The lowest BCUT2D eigenvalue weighted by Gasteiger charge is -2.34. The van der Waals surface area contributed by atoms with Crippen molar-refractivity contribution in [2.24, 2.45) is 0 Å². The third kappa shape index (κ3) is 6.01. The van der Waals surface area contributed by atoms with Crippen LogP contribution in [0.2, 0.25) is 0 Å². The lowest BCUT2D eigenvalue weighted by atomic mass is 10.0. The first-order valence-electron chi connectivity index (χ1n) is 7.45. The maximum absolute atomic E-state index is 12.2. The topological polar surface area (TPSA) is 89.5 Å². The monoisotopic (exact) mass is 315 g/mol. The number of ether oxygens (including phenoxy) is 1. The van der Waals surface area contributed by atoms with Crippen molar-refractivity contribution in [3.8, 4) is 0 Å². The van der Waals surface area contributed by atoms with Crippen molar-refractivity contribution in [2.45, 2.75) is 71.6 Å². The van der Waals surface area contributed by atoms with Gasteiger partial charge in [-0.15, -0.1) is 0 Å². The first kappa shape index (κ1) is 18.4. The van der Waals surface area contributed by atoms with E-state index in [1.807, 2.05) is 20.8 Å². The van der Waals surface area contributed by atoms with Gasteiger partial charge < -0.3 is 4.74 Å². The molecule has 1 fully saturated rings. The standard InChI is InChI=1S/C15H26N2O5/c1-14(2,3)16-22-12(19)11-9-10(18)7-8-17(11)13(20)21-15(4,5)6/h11,16H,7-9H2,1-6H3/p+1/t11-/m0/s1. The van der Waals surface area contributed by atoms with Crippen LogP contribution < -0.4 is 5.48 Å². The number of hydrogen-bond acceptors (Lipinski definition) is 5. The molecule has 126 valence electrons. The molecule has 1 aliphatic rings. The van der Waals surface area contributed by atoms with Gasteiger partial charge in [-0.3, -0.25) is 14.5 Å². The van der Waals surface area contributed by atoms with Crippen molar-refractivity contribution in [1.82, 2.24) is 4.90 Å². The van der Waals surface area contributed by atoms with Gasteiger partial charge in [0.15, 0.2) is 0 Å². The van der Waals surface area contributed by atoms with Crippen LogP contribution in [0.4, 0.5) is 4.79 Å². The Balaban J connectivity index is 2.79. The van der Waals surface area contributed by atoms with Gasteiger partial charge in [-0.1, -0.05) is 0 Å². The molecule has 7 heteroatoms. The number of carbonyl (C=O) groups is 3. The van der Waals surface area contributed by atoms with Gasteiger partial charge in [0, 0.05) is 19.4 Å². The Labute approximate surface area is 131 Å². The molecule has 0 aromatic carbocycles. The predicted octanol–water partition coefficient (Wildman–Crippen LogP) is 0.775. The summed E-state index contributed by atoms with van der Waals surface area (Å²) in [6.07, 6.45) is -0.403. The molecule has 0 aliphatic carbocycles. The highest BCUT2D eigenvalue weighted by Crippen LogP contribution is 2.19. The van der Waals surface area contributed by atoms with E-state index < -0.39 is 23.7 Å². The molecule has 2 N–H and O–H groups in total. The largest absolute Gasteiger partial charge is 0.444 e. The zero-order chi connectivity index (χ0) is 17.1. The third-order valence-electron chi connectivity index (χ3n) is 2.86. The van der Waals surface area contributed by atoms with E-state index in [0.29, 0.717) is 0 Å². The Morgan fingerprint density at radius 1 is 1.18 bits per heavy atom. The van der Waals surface area contributed by atoms with Crippen molar-refractivity contribution in [3.05, 3.63) is 0 Å². The quantitative estimate of drug-likeness (QED) is 0.760. The van der Waals surface area contributed by atoms with Crippen molar-refractivity contribution in [1.29, 1.82) is 0 Å². The molecule has 1 rings (SSSR count). The molecule has 0 saturated carbocycles. The van der Waals surface area contributed by atoms with E-state index in [2.05, 4.69) is 0 Å². The minimum Gasteiger partial charge on any atom is -0.444 e. The average Bonchev–Trinajstić information content (AvgIpc) is 2.32. The van der Waals surface area contributed by atoms with E-state index in [1.54, 1.807) is 20.8 Å². The number of rotatable bonds is 2. The lowest BCUT2D eigenvalue weighted by Crippen LogP contribution is -2.94. The molecule has 0 spiro atoms. The summed E-state index contributed by atoms with van der Waals surface area (Å²) >= 11 is 0. The zero-order valence-corrected chi connectivity index (χ0v) is 14.3. The number of carbonyl (C=O) groups excluding carboxylic acids is 3. The summed E-state index contributed by atoms with van der Waals surface area (Å²) in [5, 5.41) is 0. The smallest absolute Gasteiger partial charge is 0.411 e. The van der Waals surface area contributed by atoms with Crippen LogP contribution >= 0.6 is 0 Å². The Kier molecular flexibility index (Phi) is 5.56. The van der Waals surface area contributed by atoms with Crippen LogP contribution in [-0.4, -0.2) is 46.5 Å². The summed E-state index contributed by atoms with van der Waals surface area (Å²) in [7, 11) is 0. The number of amides is 1. The summed E-state index contributed by atoms with van der Waals surface area (Å²) in [5.41, 5.74) is 0.456. The van der Waals surface area contributed by atoms with Crippen molar-refractivity contribution < 1.29 is 29.4 Å². The average molecular weight is 315 g/mol. The van der Waals surface area contributed by atoms with Crippen LogP contribution in [-0.2, 0) is 19.2 Å². The van der Waals surface area contributed by atoms with Gasteiger partial charge >= 0.3 is 12.1 Å². The van der Waals surface area contributed by atoms with Gasteiger partial charge in [0.1, 0.15) is 23.0 Å². The Hall–Kier alpha value is -1.63. The number of likely N-dealkylation sites (tertiary alicyclic amines) is 1. The minimum absolute atomic E-state index is 0.0317. The number of ketones is 1. The highest BCUT2D eigenvalue weighted by atomic mass is 16.7. The van der Waals surface area contributed by atoms with Gasteiger partial charge in [0.05, 0.1) is 0 Å². The van der Waals surface area contributed by atoms with Crippen LogP contribution in [0.5, 0.6) is 0 Å². The maximum Gasteiger partial charge on any atom is 0.411 e. The van der Waals surface area contributed by atoms with E-state index in [-0.39, 0.29) is 30.7 Å². The summed E-state index contributed by atoms with van der Waals surface area (Å²) in [6, 6.07) is -0.922. The molecule has 1 saturated heterocycles. The fraction of sp³-hybridized carbons (Fsp3) is 0.800. The summed E-state index contributed by atoms with van der Waals surface area (Å²) in [6.45, 7) is 11.1. The van der Waals surface area contributed by atoms with Crippen molar-refractivity contribution in [3.63, 3.8) is 0 Å².